The van der Waals surface area contributed by atoms with Crippen LogP contribution in [0.2, 0.25) is 0 Å². The molecule has 1 aliphatic rings. The van der Waals surface area contributed by atoms with Gasteiger partial charge in [0, 0.05) is 40.4 Å². The Bertz CT molecular complexity index is 528. The topological polar surface area (TPSA) is 48.9 Å². The average molecular weight is 361 g/mol. The number of hydrogen-bond acceptors (Lipinski definition) is 3. The zero-order chi connectivity index (χ0) is 18.7. The van der Waals surface area contributed by atoms with Crippen molar-refractivity contribution >= 4 is 5.96 Å². The van der Waals surface area contributed by atoms with Gasteiger partial charge < -0.3 is 20.3 Å². The first-order valence-electron chi connectivity index (χ1n) is 9.83. The van der Waals surface area contributed by atoms with Crippen LogP contribution in [0.3, 0.4) is 0 Å². The lowest BCUT2D eigenvalue weighted by atomic mass is 9.67. The Morgan fingerprint density at radius 3 is 2.62 bits per heavy atom. The fourth-order valence-corrected chi connectivity index (χ4v) is 3.53. The number of ether oxygens (including phenoxy) is 1. The third-order valence-electron chi connectivity index (χ3n) is 5.41. The quantitative estimate of drug-likeness (QED) is 0.362. The Balaban J connectivity index is 1.61. The van der Waals surface area contributed by atoms with Crippen molar-refractivity contribution in [1.29, 1.82) is 0 Å². The fourth-order valence-electron chi connectivity index (χ4n) is 3.53. The van der Waals surface area contributed by atoms with Gasteiger partial charge in [0.05, 0.1) is 0 Å². The van der Waals surface area contributed by atoms with E-state index in [2.05, 4.69) is 57.9 Å². The van der Waals surface area contributed by atoms with Crippen molar-refractivity contribution < 1.29 is 4.74 Å². The van der Waals surface area contributed by atoms with E-state index in [1.54, 1.807) is 7.11 Å². The average Bonchev–Trinajstić information content (AvgIpc) is 2.63. The highest BCUT2D eigenvalue weighted by Gasteiger charge is 2.36. The van der Waals surface area contributed by atoms with Gasteiger partial charge in [-0.25, -0.2) is 0 Å². The summed E-state index contributed by atoms with van der Waals surface area (Å²) in [5.74, 6) is 0.916. The number of nitrogens with one attached hydrogen (secondary N) is 2. The van der Waals surface area contributed by atoms with E-state index >= 15 is 0 Å². The highest BCUT2D eigenvalue weighted by atomic mass is 16.5. The predicted octanol–water partition coefficient (Wildman–Crippen LogP) is 2.88. The van der Waals surface area contributed by atoms with Gasteiger partial charge in [0.15, 0.2) is 5.96 Å². The molecule has 5 nitrogen and oxygen atoms in total. The van der Waals surface area contributed by atoms with Crippen LogP contribution in [-0.4, -0.2) is 58.3 Å². The molecule has 0 radical (unpaired) electrons. The molecule has 0 spiro atoms. The summed E-state index contributed by atoms with van der Waals surface area (Å²) < 4.78 is 5.27. The number of rotatable bonds is 11. The van der Waals surface area contributed by atoms with E-state index in [4.69, 9.17) is 4.74 Å². The molecule has 0 aromatic heterocycles. The first-order chi connectivity index (χ1) is 12.7. The van der Waals surface area contributed by atoms with E-state index in [1.165, 1.54) is 24.8 Å². The molecule has 1 fully saturated rings. The van der Waals surface area contributed by atoms with Crippen molar-refractivity contribution in [3.8, 4) is 0 Å². The lowest BCUT2D eigenvalue weighted by Crippen LogP contribution is -2.47. The molecule has 1 saturated carbocycles. The lowest BCUT2D eigenvalue weighted by Gasteiger charge is -2.42. The Hall–Kier alpha value is -1.59. The second kappa shape index (κ2) is 11.2. The summed E-state index contributed by atoms with van der Waals surface area (Å²) in [6.45, 7) is 4.84. The van der Waals surface area contributed by atoms with Gasteiger partial charge >= 0.3 is 0 Å². The molecular formula is C21H36N4O. The maximum atomic E-state index is 5.27. The second-order valence-corrected chi connectivity index (χ2v) is 7.53. The van der Waals surface area contributed by atoms with E-state index in [0.717, 1.165) is 51.6 Å². The Morgan fingerprint density at radius 2 is 2.00 bits per heavy atom. The van der Waals surface area contributed by atoms with Gasteiger partial charge in [-0.3, -0.25) is 4.99 Å². The Kier molecular flexibility index (Phi) is 8.92. The van der Waals surface area contributed by atoms with Crippen LogP contribution in [0.15, 0.2) is 35.3 Å². The van der Waals surface area contributed by atoms with E-state index < -0.39 is 0 Å². The highest BCUT2D eigenvalue weighted by Crippen LogP contribution is 2.43. The molecular weight excluding hydrogens is 324 g/mol. The monoisotopic (exact) mass is 360 g/mol. The fraction of sp³-hybridized carbons (Fsp3) is 0.667. The first kappa shape index (κ1) is 20.7. The number of benzene rings is 1. The summed E-state index contributed by atoms with van der Waals surface area (Å²) >= 11 is 0. The van der Waals surface area contributed by atoms with Crippen molar-refractivity contribution in [2.45, 2.75) is 38.6 Å². The van der Waals surface area contributed by atoms with Gasteiger partial charge in [-0.1, -0.05) is 36.8 Å². The summed E-state index contributed by atoms with van der Waals surface area (Å²) in [5, 5.41) is 6.97. The minimum atomic E-state index is 0.406. The summed E-state index contributed by atoms with van der Waals surface area (Å²) in [5.41, 5.74) is 1.77. The van der Waals surface area contributed by atoms with E-state index in [9.17, 15) is 0 Å². The summed E-state index contributed by atoms with van der Waals surface area (Å²) in [6, 6.07) is 10.6. The molecule has 0 aliphatic heterocycles. The highest BCUT2D eigenvalue weighted by molar-refractivity contribution is 5.79. The maximum absolute atomic E-state index is 5.27. The normalized spacial score (nSPS) is 16.4. The molecule has 2 rings (SSSR count). The Labute approximate surface area is 159 Å². The molecule has 1 aromatic carbocycles. The van der Waals surface area contributed by atoms with E-state index in [1.807, 2.05) is 7.05 Å². The molecule has 0 saturated heterocycles. The summed E-state index contributed by atoms with van der Waals surface area (Å²) in [4.78, 5) is 6.73. The number of aliphatic imine (C=N–C) groups is 1. The van der Waals surface area contributed by atoms with Crippen LogP contribution in [0, 0.1) is 5.41 Å². The van der Waals surface area contributed by atoms with Crippen LogP contribution >= 0.6 is 0 Å². The molecule has 0 bridgehead atoms. The van der Waals surface area contributed by atoms with Gasteiger partial charge in [0.2, 0.25) is 0 Å². The first-order valence-corrected chi connectivity index (χ1v) is 9.83. The smallest absolute Gasteiger partial charge is 0.190 e. The zero-order valence-corrected chi connectivity index (χ0v) is 16.8. The van der Waals surface area contributed by atoms with Crippen molar-refractivity contribution in [2.75, 3.05) is 47.4 Å². The number of guanidine groups is 1. The Morgan fingerprint density at radius 1 is 1.23 bits per heavy atom. The zero-order valence-electron chi connectivity index (χ0n) is 16.8. The SMILES string of the molecule is CN=C(NCCCN(C)Cc1ccccc1)NCC1(CCOC)CCC1. The van der Waals surface area contributed by atoms with E-state index in [-0.39, 0.29) is 0 Å². The standard InChI is InChI=1S/C21H36N4O/c1-22-20(24-18-21(11-7-12-21)13-16-26-3)23-14-8-15-25(2)17-19-9-5-4-6-10-19/h4-6,9-10H,7-8,11-18H2,1-3H3,(H2,22,23,24). The van der Waals surface area contributed by atoms with Crippen LogP contribution in [0.5, 0.6) is 0 Å². The molecule has 26 heavy (non-hydrogen) atoms. The number of hydrogen-bond donors (Lipinski definition) is 2. The molecule has 1 aliphatic carbocycles. The molecule has 0 amide bonds. The van der Waals surface area contributed by atoms with Gasteiger partial charge in [0.1, 0.15) is 0 Å². The van der Waals surface area contributed by atoms with Crippen LogP contribution in [0.4, 0.5) is 0 Å². The van der Waals surface area contributed by atoms with Crippen LogP contribution in [-0.2, 0) is 11.3 Å². The molecule has 5 heteroatoms. The lowest BCUT2D eigenvalue weighted by molar-refractivity contribution is 0.0732. The second-order valence-electron chi connectivity index (χ2n) is 7.53. The van der Waals surface area contributed by atoms with Crippen molar-refractivity contribution in [3.05, 3.63) is 35.9 Å². The molecule has 0 unspecified atom stereocenters. The molecule has 0 heterocycles. The maximum Gasteiger partial charge on any atom is 0.190 e. The molecule has 0 atom stereocenters. The minimum absolute atomic E-state index is 0.406. The summed E-state index contributed by atoms with van der Waals surface area (Å²) in [6.07, 6.45) is 6.16. The van der Waals surface area contributed by atoms with Crippen LogP contribution < -0.4 is 10.6 Å². The minimum Gasteiger partial charge on any atom is -0.385 e. The number of methoxy groups -OCH3 is 1. The van der Waals surface area contributed by atoms with Gasteiger partial charge in [0.25, 0.3) is 0 Å². The predicted molar refractivity (Wildman–Crippen MR) is 110 cm³/mol. The third kappa shape index (κ3) is 6.96. The van der Waals surface area contributed by atoms with Gasteiger partial charge in [-0.15, -0.1) is 0 Å². The van der Waals surface area contributed by atoms with Gasteiger partial charge in [-0.2, -0.15) is 0 Å². The molecule has 146 valence electrons. The van der Waals surface area contributed by atoms with Crippen molar-refractivity contribution in [3.63, 3.8) is 0 Å². The largest absolute Gasteiger partial charge is 0.385 e. The van der Waals surface area contributed by atoms with Crippen LogP contribution in [0.25, 0.3) is 0 Å². The summed E-state index contributed by atoms with van der Waals surface area (Å²) in [7, 11) is 5.81. The molecule has 1 aromatic rings. The van der Waals surface area contributed by atoms with Crippen molar-refractivity contribution in [1.82, 2.24) is 15.5 Å². The van der Waals surface area contributed by atoms with Gasteiger partial charge in [-0.05, 0) is 50.3 Å². The number of nitrogens with zero attached hydrogens (tertiary/aromatic N) is 2. The third-order valence-corrected chi connectivity index (χ3v) is 5.41. The van der Waals surface area contributed by atoms with Crippen molar-refractivity contribution in [2.24, 2.45) is 10.4 Å². The molecule has 2 N–H and O–H groups in total. The van der Waals surface area contributed by atoms with Crippen LogP contribution in [0.1, 0.15) is 37.7 Å². The van der Waals surface area contributed by atoms with E-state index in [0.29, 0.717) is 5.41 Å².